The Labute approximate surface area is 145 Å². The van der Waals surface area contributed by atoms with E-state index in [9.17, 15) is 23.3 Å². The van der Waals surface area contributed by atoms with E-state index in [2.05, 4.69) is 5.32 Å². The van der Waals surface area contributed by atoms with E-state index in [1.54, 1.807) is 19.0 Å². The Kier molecular flexibility index (Phi) is 5.07. The molecule has 25 heavy (non-hydrogen) atoms. The van der Waals surface area contributed by atoms with Gasteiger partial charge in [-0.15, -0.1) is 0 Å². The van der Waals surface area contributed by atoms with E-state index in [-0.39, 0.29) is 16.1 Å². The number of hydrogen-bond donors (Lipinski definition) is 1. The Bertz CT molecular complexity index is 921. The van der Waals surface area contributed by atoms with Crippen molar-refractivity contribution in [1.82, 2.24) is 0 Å². The molecule has 2 aromatic rings. The molecule has 0 aliphatic rings. The third-order valence-corrected chi connectivity index (χ3v) is 4.59. The summed E-state index contributed by atoms with van der Waals surface area (Å²) in [4.78, 5) is 24.7. The zero-order valence-corrected chi connectivity index (χ0v) is 14.7. The molecule has 1 amide bonds. The number of nitro benzene ring substituents is 1. The monoisotopic (exact) mass is 363 g/mol. The SMILES string of the molecule is CN(C)c1ccc([N+](=O)[O-])cc1C(=O)Nc1ccc(S(C)(=O)=O)cc1. The molecule has 0 spiro atoms. The fourth-order valence-corrected chi connectivity index (χ4v) is 2.82. The van der Waals surface area contributed by atoms with Crippen LogP contribution in [0.1, 0.15) is 10.4 Å². The lowest BCUT2D eigenvalue weighted by Crippen LogP contribution is -2.18. The minimum atomic E-state index is -3.33. The van der Waals surface area contributed by atoms with E-state index >= 15 is 0 Å². The highest BCUT2D eigenvalue weighted by atomic mass is 32.2. The lowest BCUT2D eigenvalue weighted by Gasteiger charge is -2.17. The summed E-state index contributed by atoms with van der Waals surface area (Å²) in [5.41, 5.74) is 0.860. The summed E-state index contributed by atoms with van der Waals surface area (Å²) in [7, 11) is 0.115. The summed E-state index contributed by atoms with van der Waals surface area (Å²) in [5, 5.41) is 13.6. The number of hydrogen-bond acceptors (Lipinski definition) is 6. The molecule has 0 aliphatic heterocycles. The molecule has 0 fully saturated rings. The van der Waals surface area contributed by atoms with Crippen LogP contribution in [-0.4, -0.2) is 39.6 Å². The van der Waals surface area contributed by atoms with Crippen molar-refractivity contribution >= 4 is 32.8 Å². The Morgan fingerprint density at radius 3 is 2.20 bits per heavy atom. The molecular formula is C16H17N3O5S. The van der Waals surface area contributed by atoms with Crippen LogP contribution in [0, 0.1) is 10.1 Å². The van der Waals surface area contributed by atoms with Gasteiger partial charge in [0.25, 0.3) is 11.6 Å². The van der Waals surface area contributed by atoms with Gasteiger partial charge in [0.15, 0.2) is 9.84 Å². The number of carbonyl (C=O) groups is 1. The number of non-ortho nitro benzene ring substituents is 1. The summed E-state index contributed by atoms with van der Waals surface area (Å²) < 4.78 is 22.9. The van der Waals surface area contributed by atoms with Crippen molar-refractivity contribution in [1.29, 1.82) is 0 Å². The average Bonchev–Trinajstić information content (AvgIpc) is 2.53. The van der Waals surface area contributed by atoms with E-state index in [0.717, 1.165) is 6.26 Å². The number of sulfone groups is 1. The van der Waals surface area contributed by atoms with Crippen LogP contribution >= 0.6 is 0 Å². The van der Waals surface area contributed by atoms with Gasteiger partial charge in [0.1, 0.15) is 0 Å². The van der Waals surface area contributed by atoms with Crippen LogP contribution in [0.4, 0.5) is 17.1 Å². The summed E-state index contributed by atoms with van der Waals surface area (Å²) in [6.07, 6.45) is 1.09. The van der Waals surface area contributed by atoms with Crippen molar-refractivity contribution in [2.24, 2.45) is 0 Å². The van der Waals surface area contributed by atoms with Crippen molar-refractivity contribution in [3.05, 3.63) is 58.1 Å². The normalized spacial score (nSPS) is 11.0. The van der Waals surface area contributed by atoms with Crippen LogP contribution in [0.3, 0.4) is 0 Å². The predicted molar refractivity (Wildman–Crippen MR) is 94.9 cm³/mol. The molecule has 132 valence electrons. The predicted octanol–water partition coefficient (Wildman–Crippen LogP) is 2.32. The number of nitrogens with zero attached hydrogens (tertiary/aromatic N) is 2. The van der Waals surface area contributed by atoms with E-state index < -0.39 is 20.7 Å². The molecule has 0 heterocycles. The maximum absolute atomic E-state index is 12.5. The summed E-state index contributed by atoms with van der Waals surface area (Å²) in [6, 6.07) is 9.71. The first-order chi connectivity index (χ1) is 11.6. The van der Waals surface area contributed by atoms with E-state index in [4.69, 9.17) is 0 Å². The number of nitrogens with one attached hydrogen (secondary N) is 1. The van der Waals surface area contributed by atoms with E-state index in [0.29, 0.717) is 11.4 Å². The van der Waals surface area contributed by atoms with Gasteiger partial charge in [-0.2, -0.15) is 0 Å². The maximum atomic E-state index is 12.5. The summed E-state index contributed by atoms with van der Waals surface area (Å²) >= 11 is 0. The second kappa shape index (κ2) is 6.89. The van der Waals surface area contributed by atoms with Crippen molar-refractivity contribution in [3.8, 4) is 0 Å². The topological polar surface area (TPSA) is 110 Å². The number of carbonyl (C=O) groups excluding carboxylic acids is 1. The van der Waals surface area contributed by atoms with Crippen LogP contribution in [0.5, 0.6) is 0 Å². The minimum Gasteiger partial charge on any atom is -0.377 e. The van der Waals surface area contributed by atoms with Gasteiger partial charge >= 0.3 is 0 Å². The lowest BCUT2D eigenvalue weighted by molar-refractivity contribution is -0.384. The number of anilines is 2. The Morgan fingerprint density at radius 2 is 1.72 bits per heavy atom. The molecular weight excluding hydrogens is 346 g/mol. The van der Waals surface area contributed by atoms with Gasteiger partial charge in [-0.1, -0.05) is 0 Å². The molecule has 1 N–H and O–H groups in total. The molecule has 0 saturated carbocycles. The molecule has 9 heteroatoms. The maximum Gasteiger partial charge on any atom is 0.270 e. The molecule has 0 unspecified atom stereocenters. The zero-order chi connectivity index (χ0) is 18.8. The molecule has 8 nitrogen and oxygen atoms in total. The fourth-order valence-electron chi connectivity index (χ4n) is 2.19. The number of benzene rings is 2. The number of rotatable bonds is 5. The molecule has 2 rings (SSSR count). The van der Waals surface area contributed by atoms with Gasteiger partial charge in [0.2, 0.25) is 0 Å². The summed E-state index contributed by atoms with van der Waals surface area (Å²) in [6.45, 7) is 0. The molecule has 2 aromatic carbocycles. The van der Waals surface area contributed by atoms with Gasteiger partial charge in [-0.05, 0) is 30.3 Å². The van der Waals surface area contributed by atoms with Gasteiger partial charge in [0.05, 0.1) is 15.4 Å². The largest absolute Gasteiger partial charge is 0.377 e. The molecule has 0 atom stereocenters. The zero-order valence-electron chi connectivity index (χ0n) is 13.9. The van der Waals surface area contributed by atoms with Gasteiger partial charge < -0.3 is 10.2 Å². The second-order valence-electron chi connectivity index (χ2n) is 5.60. The van der Waals surface area contributed by atoms with Gasteiger partial charge in [-0.3, -0.25) is 14.9 Å². The van der Waals surface area contributed by atoms with Crippen molar-refractivity contribution < 1.29 is 18.1 Å². The highest BCUT2D eigenvalue weighted by molar-refractivity contribution is 7.90. The number of nitro groups is 1. The Morgan fingerprint density at radius 1 is 1.12 bits per heavy atom. The molecule has 0 bridgehead atoms. The highest BCUT2D eigenvalue weighted by Gasteiger charge is 2.18. The third-order valence-electron chi connectivity index (χ3n) is 3.46. The first kappa shape index (κ1) is 18.4. The van der Waals surface area contributed by atoms with Gasteiger partial charge in [-0.25, -0.2) is 8.42 Å². The van der Waals surface area contributed by atoms with Crippen molar-refractivity contribution in [2.75, 3.05) is 30.6 Å². The number of amides is 1. The van der Waals surface area contributed by atoms with Gasteiger partial charge in [0, 0.05) is 43.9 Å². The molecule has 0 aliphatic carbocycles. The van der Waals surface area contributed by atoms with Crippen LogP contribution in [-0.2, 0) is 9.84 Å². The molecule has 0 radical (unpaired) electrons. The average molecular weight is 363 g/mol. The third kappa shape index (κ3) is 4.32. The van der Waals surface area contributed by atoms with Crippen LogP contribution in [0.2, 0.25) is 0 Å². The van der Waals surface area contributed by atoms with E-state index in [1.807, 2.05) is 0 Å². The molecule has 0 aromatic heterocycles. The van der Waals surface area contributed by atoms with Crippen molar-refractivity contribution in [3.63, 3.8) is 0 Å². The second-order valence-corrected chi connectivity index (χ2v) is 7.62. The summed E-state index contributed by atoms with van der Waals surface area (Å²) in [5.74, 6) is -0.528. The van der Waals surface area contributed by atoms with Crippen LogP contribution in [0.15, 0.2) is 47.4 Å². The lowest BCUT2D eigenvalue weighted by atomic mass is 10.1. The molecule has 0 saturated heterocycles. The van der Waals surface area contributed by atoms with Crippen LogP contribution in [0.25, 0.3) is 0 Å². The Hall–Kier alpha value is -2.94. The fraction of sp³-hybridized carbons (Fsp3) is 0.188. The smallest absolute Gasteiger partial charge is 0.270 e. The first-order valence-corrected chi connectivity index (χ1v) is 9.06. The Balaban J connectivity index is 2.34. The first-order valence-electron chi connectivity index (χ1n) is 7.17. The van der Waals surface area contributed by atoms with Crippen LogP contribution < -0.4 is 10.2 Å². The standard InChI is InChI=1S/C16H17N3O5S/c1-18(2)15-9-6-12(19(21)22)10-14(15)16(20)17-11-4-7-13(8-5-11)25(3,23)24/h4-10H,1-3H3,(H,17,20). The van der Waals surface area contributed by atoms with Crippen molar-refractivity contribution in [2.45, 2.75) is 4.90 Å². The highest BCUT2D eigenvalue weighted by Crippen LogP contribution is 2.25. The minimum absolute atomic E-state index is 0.134. The quantitative estimate of drug-likeness (QED) is 0.645. The van der Waals surface area contributed by atoms with E-state index in [1.165, 1.54) is 42.5 Å².